The molecule has 0 amide bonds. The van der Waals surface area contributed by atoms with E-state index in [-0.39, 0.29) is 0 Å². The minimum absolute atomic E-state index is 0.690. The Morgan fingerprint density at radius 3 is 1.43 bits per heavy atom. The molecule has 0 aromatic carbocycles. The Morgan fingerprint density at radius 2 is 1.14 bits per heavy atom. The molecule has 0 atom stereocenters. The molecule has 0 heterocycles. The molecule has 0 saturated heterocycles. The van der Waals surface area contributed by atoms with Gasteiger partial charge in [-0.1, -0.05) is 30.5 Å². The van der Waals surface area contributed by atoms with E-state index in [1.54, 1.807) is 4.86 Å². The van der Waals surface area contributed by atoms with Crippen molar-refractivity contribution in [3.8, 4) is 0 Å². The molecule has 82 valence electrons. The van der Waals surface area contributed by atoms with Crippen LogP contribution in [0.2, 0.25) is 0 Å². The van der Waals surface area contributed by atoms with Gasteiger partial charge in [0.2, 0.25) is 0 Å². The van der Waals surface area contributed by atoms with Crippen LogP contribution in [-0.4, -0.2) is 15.4 Å². The Balaban J connectivity index is 2.10. The SMILES string of the molecule is CC(C)=S(C1CCCC1)C1CCCC1. The van der Waals surface area contributed by atoms with Crippen LogP contribution in [0.3, 0.4) is 0 Å². The van der Waals surface area contributed by atoms with Crippen LogP contribution >= 0.6 is 10.5 Å². The first-order valence-electron chi connectivity index (χ1n) is 6.31. The molecule has 0 aromatic rings. The summed E-state index contributed by atoms with van der Waals surface area (Å²) in [6, 6.07) is 0. The number of rotatable bonds is 2. The van der Waals surface area contributed by atoms with Crippen LogP contribution in [0.15, 0.2) is 0 Å². The van der Waals surface area contributed by atoms with Gasteiger partial charge >= 0.3 is 0 Å². The molecular weight excluding hydrogens is 188 g/mol. The van der Waals surface area contributed by atoms with E-state index in [0.29, 0.717) is 10.5 Å². The van der Waals surface area contributed by atoms with Crippen LogP contribution < -0.4 is 0 Å². The predicted octanol–water partition coefficient (Wildman–Crippen LogP) is 4.35. The fourth-order valence-electron chi connectivity index (χ4n) is 3.22. The zero-order chi connectivity index (χ0) is 9.97. The van der Waals surface area contributed by atoms with E-state index < -0.39 is 0 Å². The average molecular weight is 212 g/mol. The third-order valence-electron chi connectivity index (χ3n) is 3.79. The number of hydrogen-bond donors (Lipinski definition) is 0. The van der Waals surface area contributed by atoms with E-state index in [1.165, 1.54) is 51.4 Å². The van der Waals surface area contributed by atoms with Gasteiger partial charge in [0, 0.05) is 0 Å². The summed E-state index contributed by atoms with van der Waals surface area (Å²) in [7, 11) is 0.690. The van der Waals surface area contributed by atoms with Gasteiger partial charge in [-0.05, 0) is 50.0 Å². The van der Waals surface area contributed by atoms with E-state index in [1.807, 2.05) is 0 Å². The highest BCUT2D eigenvalue weighted by Crippen LogP contribution is 2.44. The Bertz CT molecular complexity index is 195. The van der Waals surface area contributed by atoms with Crippen LogP contribution in [0.25, 0.3) is 0 Å². The zero-order valence-corrected chi connectivity index (χ0v) is 10.5. The lowest BCUT2D eigenvalue weighted by Crippen LogP contribution is -2.12. The Morgan fingerprint density at radius 1 is 0.786 bits per heavy atom. The highest BCUT2D eigenvalue weighted by atomic mass is 32.2. The van der Waals surface area contributed by atoms with Gasteiger partial charge in [0.1, 0.15) is 0 Å². The van der Waals surface area contributed by atoms with Gasteiger partial charge in [-0.25, -0.2) is 0 Å². The second-order valence-electron chi connectivity index (χ2n) is 5.09. The van der Waals surface area contributed by atoms with Crippen molar-refractivity contribution in [3.05, 3.63) is 0 Å². The fourth-order valence-corrected chi connectivity index (χ4v) is 6.78. The monoisotopic (exact) mass is 212 g/mol. The molecule has 2 rings (SSSR count). The third kappa shape index (κ3) is 2.24. The highest BCUT2D eigenvalue weighted by Gasteiger charge is 2.27. The van der Waals surface area contributed by atoms with E-state index in [9.17, 15) is 0 Å². The van der Waals surface area contributed by atoms with Crippen molar-refractivity contribution in [1.82, 2.24) is 0 Å². The molecule has 0 N–H and O–H groups in total. The Hall–Kier alpha value is 0.220. The largest absolute Gasteiger partial charge is 0.181 e. The minimum atomic E-state index is 0.690. The van der Waals surface area contributed by atoms with Gasteiger partial charge in [-0.2, -0.15) is 10.5 Å². The first-order valence-corrected chi connectivity index (χ1v) is 7.66. The molecule has 0 aromatic heterocycles. The topological polar surface area (TPSA) is 0 Å². The predicted molar refractivity (Wildman–Crippen MR) is 68.5 cm³/mol. The molecule has 2 fully saturated rings. The summed E-state index contributed by atoms with van der Waals surface area (Å²) in [6.07, 6.45) is 12.2. The molecule has 0 unspecified atom stereocenters. The Labute approximate surface area is 91.4 Å². The smallest absolute Gasteiger partial charge is 0.0000402 e. The maximum absolute atomic E-state index is 2.39. The van der Waals surface area contributed by atoms with Crippen LogP contribution in [0.4, 0.5) is 0 Å². The second kappa shape index (κ2) is 4.83. The summed E-state index contributed by atoms with van der Waals surface area (Å²) >= 11 is 0. The van der Waals surface area contributed by atoms with Crippen LogP contribution in [0.1, 0.15) is 65.2 Å². The maximum atomic E-state index is 2.39. The maximum Gasteiger partial charge on any atom is -0.0000402 e. The lowest BCUT2D eigenvalue weighted by Gasteiger charge is -2.25. The summed E-state index contributed by atoms with van der Waals surface area (Å²) in [5.74, 6) is 0. The molecule has 0 aliphatic heterocycles. The molecular formula is C13H24S. The molecule has 0 nitrogen and oxygen atoms in total. The normalized spacial score (nSPS) is 25.1. The van der Waals surface area contributed by atoms with Gasteiger partial charge in [0.25, 0.3) is 0 Å². The molecule has 0 spiro atoms. The first kappa shape index (κ1) is 10.7. The number of hydrogen-bond acceptors (Lipinski definition) is 0. The zero-order valence-electron chi connectivity index (χ0n) is 9.72. The van der Waals surface area contributed by atoms with Crippen molar-refractivity contribution in [2.45, 2.75) is 75.7 Å². The summed E-state index contributed by atoms with van der Waals surface area (Å²) < 4.78 is 0. The summed E-state index contributed by atoms with van der Waals surface area (Å²) in [4.78, 5) is 1.75. The van der Waals surface area contributed by atoms with Crippen LogP contribution in [0.5, 0.6) is 0 Å². The van der Waals surface area contributed by atoms with Gasteiger partial charge in [-0.15, -0.1) is 0 Å². The molecule has 1 heteroatoms. The first-order chi connectivity index (χ1) is 6.79. The molecule has 2 aliphatic carbocycles. The van der Waals surface area contributed by atoms with Gasteiger partial charge in [0.15, 0.2) is 0 Å². The average Bonchev–Trinajstić information content (AvgIpc) is 2.75. The van der Waals surface area contributed by atoms with E-state index in [0.717, 1.165) is 10.5 Å². The molecule has 0 radical (unpaired) electrons. The van der Waals surface area contributed by atoms with Gasteiger partial charge in [-0.3, -0.25) is 0 Å². The van der Waals surface area contributed by atoms with Gasteiger partial charge < -0.3 is 0 Å². The minimum Gasteiger partial charge on any atom is -0.181 e. The van der Waals surface area contributed by atoms with E-state index in [2.05, 4.69) is 13.8 Å². The molecule has 2 aliphatic rings. The summed E-state index contributed by atoms with van der Waals surface area (Å²) in [5, 5.41) is 2.17. The summed E-state index contributed by atoms with van der Waals surface area (Å²) in [5.41, 5.74) is 0. The van der Waals surface area contributed by atoms with E-state index >= 15 is 0 Å². The van der Waals surface area contributed by atoms with Crippen molar-refractivity contribution >= 4 is 15.3 Å². The van der Waals surface area contributed by atoms with Crippen molar-refractivity contribution in [2.75, 3.05) is 0 Å². The standard InChI is InChI=1S/C13H24S/c1-11(2)14(12-7-3-4-8-12)13-9-5-6-10-13/h12-13H,3-10H2,1-2H3. The van der Waals surface area contributed by atoms with Crippen LogP contribution in [-0.2, 0) is 0 Å². The molecule has 14 heavy (non-hydrogen) atoms. The molecule has 0 bridgehead atoms. The van der Waals surface area contributed by atoms with Crippen LogP contribution in [0, 0.1) is 0 Å². The van der Waals surface area contributed by atoms with Crippen molar-refractivity contribution in [1.29, 1.82) is 0 Å². The highest BCUT2D eigenvalue weighted by molar-refractivity contribution is 8.17. The third-order valence-corrected chi connectivity index (χ3v) is 7.12. The van der Waals surface area contributed by atoms with E-state index in [4.69, 9.17) is 0 Å². The van der Waals surface area contributed by atoms with Crippen molar-refractivity contribution < 1.29 is 0 Å². The second-order valence-corrected chi connectivity index (χ2v) is 7.99. The summed E-state index contributed by atoms with van der Waals surface area (Å²) in [6.45, 7) is 4.78. The van der Waals surface area contributed by atoms with Crippen molar-refractivity contribution in [3.63, 3.8) is 0 Å². The quantitative estimate of drug-likeness (QED) is 0.597. The molecule has 2 saturated carbocycles. The Kier molecular flexibility index (Phi) is 3.70. The lowest BCUT2D eigenvalue weighted by atomic mass is 10.4. The fraction of sp³-hybridized carbons (Fsp3) is 0.923. The van der Waals surface area contributed by atoms with Crippen molar-refractivity contribution in [2.24, 2.45) is 0 Å². The lowest BCUT2D eigenvalue weighted by molar-refractivity contribution is 0.855. The van der Waals surface area contributed by atoms with Gasteiger partial charge in [0.05, 0.1) is 0 Å².